The topological polar surface area (TPSA) is 12.0 Å². The molecule has 1 unspecified atom stereocenters. The van der Waals surface area contributed by atoms with E-state index in [1.807, 2.05) is 0 Å². The van der Waals surface area contributed by atoms with Gasteiger partial charge in [-0.25, -0.2) is 0 Å². The monoisotopic (exact) mass is 171 g/mol. The van der Waals surface area contributed by atoms with E-state index in [4.69, 9.17) is 12.2 Å². The van der Waals surface area contributed by atoms with Crippen LogP contribution < -0.4 is 5.32 Å². The zero-order valence-corrected chi connectivity index (χ0v) is 8.42. The lowest BCUT2D eigenvalue weighted by atomic mass is 9.84. The molecule has 2 heteroatoms. The van der Waals surface area contributed by atoms with Gasteiger partial charge in [-0.15, -0.1) is 0 Å². The van der Waals surface area contributed by atoms with Crippen LogP contribution >= 0.6 is 12.2 Å². The molecule has 64 valence electrons. The minimum atomic E-state index is 0.284. The molecule has 1 aliphatic rings. The standard InChI is InChI=1S/C9H17NS/c1-4-7(2)9(3)5-8(11)6-10-9/h7,10H,4-6H2,1-3H3/t7?,9-/m0/s1. The lowest BCUT2D eigenvalue weighted by Crippen LogP contribution is -2.42. The normalized spacial score (nSPS) is 34.3. The van der Waals surface area contributed by atoms with E-state index in [0.29, 0.717) is 0 Å². The number of hydrogen-bond acceptors (Lipinski definition) is 2. The quantitative estimate of drug-likeness (QED) is 0.639. The smallest absolute Gasteiger partial charge is 0.0275 e. The van der Waals surface area contributed by atoms with Crippen molar-refractivity contribution >= 4 is 17.1 Å². The average molecular weight is 171 g/mol. The van der Waals surface area contributed by atoms with Gasteiger partial charge in [-0.1, -0.05) is 32.5 Å². The highest BCUT2D eigenvalue weighted by Crippen LogP contribution is 2.27. The summed E-state index contributed by atoms with van der Waals surface area (Å²) in [5, 5.41) is 3.49. The van der Waals surface area contributed by atoms with E-state index < -0.39 is 0 Å². The Morgan fingerprint density at radius 1 is 1.73 bits per heavy atom. The minimum absolute atomic E-state index is 0.284. The van der Waals surface area contributed by atoms with Gasteiger partial charge in [0.05, 0.1) is 0 Å². The molecule has 0 aromatic rings. The van der Waals surface area contributed by atoms with Crippen LogP contribution in [0.5, 0.6) is 0 Å². The fourth-order valence-electron chi connectivity index (χ4n) is 1.63. The Kier molecular flexibility index (Phi) is 2.66. The van der Waals surface area contributed by atoms with Crippen LogP contribution in [-0.4, -0.2) is 16.9 Å². The molecular weight excluding hydrogens is 154 g/mol. The minimum Gasteiger partial charge on any atom is -0.306 e. The van der Waals surface area contributed by atoms with Crippen LogP contribution in [0.25, 0.3) is 0 Å². The second kappa shape index (κ2) is 3.20. The maximum Gasteiger partial charge on any atom is 0.0275 e. The van der Waals surface area contributed by atoms with Crippen LogP contribution in [0.1, 0.15) is 33.6 Å². The molecular formula is C9H17NS. The van der Waals surface area contributed by atoms with Crippen molar-refractivity contribution in [2.45, 2.75) is 39.2 Å². The Bertz CT molecular complexity index is 167. The molecule has 1 saturated heterocycles. The van der Waals surface area contributed by atoms with E-state index in [-0.39, 0.29) is 5.54 Å². The van der Waals surface area contributed by atoms with E-state index >= 15 is 0 Å². The predicted molar refractivity (Wildman–Crippen MR) is 53.1 cm³/mol. The summed E-state index contributed by atoms with van der Waals surface area (Å²) in [5.41, 5.74) is 0.284. The van der Waals surface area contributed by atoms with Crippen LogP contribution in [0.2, 0.25) is 0 Å². The highest BCUT2D eigenvalue weighted by atomic mass is 32.1. The van der Waals surface area contributed by atoms with E-state index in [1.165, 1.54) is 11.3 Å². The van der Waals surface area contributed by atoms with Gasteiger partial charge < -0.3 is 5.32 Å². The summed E-state index contributed by atoms with van der Waals surface area (Å²) < 4.78 is 0. The molecule has 1 rings (SSSR count). The van der Waals surface area contributed by atoms with Crippen LogP contribution in [0.3, 0.4) is 0 Å². The van der Waals surface area contributed by atoms with Crippen LogP contribution in [0.15, 0.2) is 0 Å². The van der Waals surface area contributed by atoms with Crippen molar-refractivity contribution in [2.24, 2.45) is 5.92 Å². The summed E-state index contributed by atoms with van der Waals surface area (Å²) in [6.45, 7) is 7.75. The van der Waals surface area contributed by atoms with Gasteiger partial charge in [-0.3, -0.25) is 0 Å². The summed E-state index contributed by atoms with van der Waals surface area (Å²) in [6.07, 6.45) is 2.31. The van der Waals surface area contributed by atoms with Crippen molar-refractivity contribution in [1.82, 2.24) is 5.32 Å². The second-order valence-electron chi connectivity index (χ2n) is 3.80. The van der Waals surface area contributed by atoms with Crippen molar-refractivity contribution in [3.05, 3.63) is 0 Å². The van der Waals surface area contributed by atoms with Crippen LogP contribution in [-0.2, 0) is 0 Å². The highest BCUT2D eigenvalue weighted by Gasteiger charge is 2.35. The molecule has 0 bridgehead atoms. The second-order valence-corrected chi connectivity index (χ2v) is 4.37. The van der Waals surface area contributed by atoms with Gasteiger partial charge in [-0.05, 0) is 19.3 Å². The van der Waals surface area contributed by atoms with Crippen molar-refractivity contribution in [1.29, 1.82) is 0 Å². The molecule has 11 heavy (non-hydrogen) atoms. The molecule has 0 spiro atoms. The van der Waals surface area contributed by atoms with E-state index in [1.54, 1.807) is 0 Å². The summed E-state index contributed by atoms with van der Waals surface area (Å²) >= 11 is 5.17. The van der Waals surface area contributed by atoms with E-state index in [2.05, 4.69) is 26.1 Å². The first-order chi connectivity index (χ1) is 5.08. The molecule has 0 saturated carbocycles. The fourth-order valence-corrected chi connectivity index (χ4v) is 2.01. The van der Waals surface area contributed by atoms with Gasteiger partial charge in [0.1, 0.15) is 0 Å². The van der Waals surface area contributed by atoms with Crippen molar-refractivity contribution < 1.29 is 0 Å². The Balaban J connectivity index is 2.61. The van der Waals surface area contributed by atoms with Gasteiger partial charge in [-0.2, -0.15) is 0 Å². The van der Waals surface area contributed by atoms with Gasteiger partial charge in [0, 0.05) is 16.9 Å². The molecule has 1 fully saturated rings. The van der Waals surface area contributed by atoms with Gasteiger partial charge in [0.2, 0.25) is 0 Å². The number of rotatable bonds is 2. The third kappa shape index (κ3) is 1.79. The zero-order chi connectivity index (χ0) is 8.48. The lowest BCUT2D eigenvalue weighted by molar-refractivity contribution is 0.279. The number of hydrogen-bond donors (Lipinski definition) is 1. The number of thiocarbonyl (C=S) groups is 1. The maximum absolute atomic E-state index is 5.17. The Hall–Kier alpha value is 0.0500. The molecule has 0 aliphatic carbocycles. The number of nitrogens with one attached hydrogen (secondary N) is 1. The largest absolute Gasteiger partial charge is 0.306 e. The van der Waals surface area contributed by atoms with Gasteiger partial charge in [0.15, 0.2) is 0 Å². The first kappa shape index (κ1) is 9.14. The molecule has 2 atom stereocenters. The Labute approximate surface area is 74.6 Å². The Morgan fingerprint density at radius 2 is 2.36 bits per heavy atom. The summed E-state index contributed by atoms with van der Waals surface area (Å²) in [4.78, 5) is 1.19. The average Bonchev–Trinajstić information content (AvgIpc) is 2.31. The summed E-state index contributed by atoms with van der Waals surface area (Å²) in [5.74, 6) is 0.725. The lowest BCUT2D eigenvalue weighted by Gasteiger charge is -2.30. The molecule has 1 heterocycles. The van der Waals surface area contributed by atoms with Crippen LogP contribution in [0.4, 0.5) is 0 Å². The highest BCUT2D eigenvalue weighted by molar-refractivity contribution is 7.80. The first-order valence-corrected chi connectivity index (χ1v) is 4.76. The third-order valence-corrected chi connectivity index (χ3v) is 3.24. The van der Waals surface area contributed by atoms with Gasteiger partial charge in [0.25, 0.3) is 0 Å². The van der Waals surface area contributed by atoms with Gasteiger partial charge >= 0.3 is 0 Å². The first-order valence-electron chi connectivity index (χ1n) is 4.35. The molecule has 1 aliphatic heterocycles. The molecule has 0 radical (unpaired) electrons. The fraction of sp³-hybridized carbons (Fsp3) is 0.889. The molecule has 1 N–H and O–H groups in total. The van der Waals surface area contributed by atoms with Crippen molar-refractivity contribution in [3.63, 3.8) is 0 Å². The Morgan fingerprint density at radius 3 is 2.73 bits per heavy atom. The SMILES string of the molecule is CCC(C)[C@]1(C)CC(=S)CN1. The summed E-state index contributed by atoms with van der Waals surface area (Å²) in [7, 11) is 0. The summed E-state index contributed by atoms with van der Waals surface area (Å²) in [6, 6.07) is 0. The van der Waals surface area contributed by atoms with Crippen molar-refractivity contribution in [3.8, 4) is 0 Å². The zero-order valence-electron chi connectivity index (χ0n) is 7.61. The molecule has 0 amide bonds. The molecule has 0 aromatic heterocycles. The van der Waals surface area contributed by atoms with Crippen molar-refractivity contribution in [2.75, 3.05) is 6.54 Å². The third-order valence-electron chi connectivity index (χ3n) is 2.95. The van der Waals surface area contributed by atoms with E-state index in [9.17, 15) is 0 Å². The van der Waals surface area contributed by atoms with Crippen LogP contribution in [0, 0.1) is 5.92 Å². The van der Waals surface area contributed by atoms with E-state index in [0.717, 1.165) is 18.9 Å². The molecule has 0 aromatic carbocycles. The maximum atomic E-state index is 5.17. The molecule has 1 nitrogen and oxygen atoms in total. The predicted octanol–water partition coefficient (Wildman–Crippen LogP) is 2.15.